The first-order valence-corrected chi connectivity index (χ1v) is 11.6. The van der Waals surface area contributed by atoms with E-state index in [0.717, 1.165) is 41.1 Å². The Balaban J connectivity index is 1.74. The quantitative estimate of drug-likeness (QED) is 0.297. The van der Waals surface area contributed by atoms with E-state index in [4.69, 9.17) is 5.73 Å². The number of aryl methyl sites for hydroxylation is 1. The number of carbonyl (C=O) groups is 1. The Morgan fingerprint density at radius 3 is 2.42 bits per heavy atom. The third-order valence-electron chi connectivity index (χ3n) is 6.47. The topological polar surface area (TPSA) is 48.0 Å². The lowest BCUT2D eigenvalue weighted by molar-refractivity contribution is 0.100. The molecule has 33 heavy (non-hydrogen) atoms. The predicted octanol–water partition coefficient (Wildman–Crippen LogP) is 6.95. The minimum atomic E-state index is -0.389. The van der Waals surface area contributed by atoms with Gasteiger partial charge in [0.05, 0.1) is 5.52 Å². The van der Waals surface area contributed by atoms with Crippen LogP contribution in [0.25, 0.3) is 32.9 Å². The van der Waals surface area contributed by atoms with Gasteiger partial charge in [0.25, 0.3) is 0 Å². The lowest BCUT2D eigenvalue weighted by atomic mass is 9.99. The Kier molecular flexibility index (Phi) is 5.70. The summed E-state index contributed by atoms with van der Waals surface area (Å²) in [7, 11) is 0. The molecule has 0 aliphatic heterocycles. The summed E-state index contributed by atoms with van der Waals surface area (Å²) in [6, 6.07) is 31.6. The van der Waals surface area contributed by atoms with Gasteiger partial charge >= 0.3 is 0 Å². The van der Waals surface area contributed by atoms with Gasteiger partial charge in [0.15, 0.2) is 0 Å². The number of carbonyl (C=O) groups excluding carboxylic acids is 1. The van der Waals surface area contributed by atoms with E-state index in [2.05, 4.69) is 84.3 Å². The number of fused-ring (bicyclic) bond motifs is 3. The molecule has 0 aliphatic carbocycles. The largest absolute Gasteiger partial charge is 0.366 e. The van der Waals surface area contributed by atoms with Gasteiger partial charge < -0.3 is 10.3 Å². The van der Waals surface area contributed by atoms with Crippen LogP contribution >= 0.6 is 0 Å². The van der Waals surface area contributed by atoms with Gasteiger partial charge in [0.1, 0.15) is 0 Å². The molecule has 1 aromatic heterocycles. The first-order valence-electron chi connectivity index (χ1n) is 11.6. The van der Waals surface area contributed by atoms with Crippen LogP contribution in [-0.4, -0.2) is 10.5 Å². The summed E-state index contributed by atoms with van der Waals surface area (Å²) in [5.74, 6) is -0.389. The van der Waals surface area contributed by atoms with Crippen molar-refractivity contribution in [3.05, 3.63) is 108 Å². The van der Waals surface area contributed by atoms with Gasteiger partial charge in [-0.05, 0) is 53.3 Å². The zero-order valence-corrected chi connectivity index (χ0v) is 18.9. The smallest absolute Gasteiger partial charge is 0.249 e. The maximum absolute atomic E-state index is 12.3. The Labute approximate surface area is 194 Å². The van der Waals surface area contributed by atoms with Crippen LogP contribution < -0.4 is 5.73 Å². The number of amides is 1. The summed E-state index contributed by atoms with van der Waals surface area (Å²) < 4.78 is 2.34. The summed E-state index contributed by atoms with van der Waals surface area (Å²) >= 11 is 0. The molecule has 164 valence electrons. The number of rotatable bonds is 7. The zero-order valence-electron chi connectivity index (χ0n) is 18.9. The van der Waals surface area contributed by atoms with Crippen molar-refractivity contribution in [3.63, 3.8) is 0 Å². The minimum Gasteiger partial charge on any atom is -0.366 e. The Morgan fingerprint density at radius 2 is 1.64 bits per heavy atom. The lowest BCUT2D eigenvalue weighted by Crippen LogP contribution is -2.11. The average Bonchev–Trinajstić information content (AvgIpc) is 3.16. The molecule has 4 aromatic carbocycles. The molecule has 0 bridgehead atoms. The molecule has 5 rings (SSSR count). The Bertz CT molecular complexity index is 1450. The maximum Gasteiger partial charge on any atom is 0.249 e. The van der Waals surface area contributed by atoms with Crippen LogP contribution in [0.5, 0.6) is 0 Å². The molecule has 0 aliphatic rings. The highest BCUT2D eigenvalue weighted by Gasteiger charge is 2.18. The lowest BCUT2D eigenvalue weighted by Gasteiger charge is -2.13. The van der Waals surface area contributed by atoms with Gasteiger partial charge in [0.2, 0.25) is 5.91 Å². The van der Waals surface area contributed by atoms with E-state index >= 15 is 0 Å². The van der Waals surface area contributed by atoms with Crippen LogP contribution in [0.2, 0.25) is 0 Å². The van der Waals surface area contributed by atoms with E-state index in [-0.39, 0.29) is 5.91 Å². The van der Waals surface area contributed by atoms with E-state index in [9.17, 15) is 4.79 Å². The molecule has 1 amide bonds. The molecule has 2 N–H and O–H groups in total. The van der Waals surface area contributed by atoms with Crippen LogP contribution in [0.3, 0.4) is 0 Å². The standard InChI is InChI=1S/C30H28N2O/c1-2-3-10-21-17-18-25-28(19-21)32(27-16-9-15-26(29(25)27)30(31)33)20-23-13-7-8-14-24(23)22-11-5-4-6-12-22/h4-9,11-19H,2-3,10,20H2,1H3,(H2,31,33). The molecule has 0 saturated heterocycles. The fourth-order valence-corrected chi connectivity index (χ4v) is 4.83. The number of hydrogen-bond donors (Lipinski definition) is 1. The van der Waals surface area contributed by atoms with Crippen LogP contribution in [0, 0.1) is 0 Å². The fourth-order valence-electron chi connectivity index (χ4n) is 4.83. The second kappa shape index (κ2) is 8.95. The molecular weight excluding hydrogens is 404 g/mol. The summed E-state index contributed by atoms with van der Waals surface area (Å²) in [5, 5.41) is 2.02. The van der Waals surface area contributed by atoms with Crippen molar-refractivity contribution in [1.29, 1.82) is 0 Å². The second-order valence-electron chi connectivity index (χ2n) is 8.63. The van der Waals surface area contributed by atoms with E-state index in [1.165, 1.54) is 22.3 Å². The van der Waals surface area contributed by atoms with Crippen molar-refractivity contribution >= 4 is 27.7 Å². The SMILES string of the molecule is CCCCc1ccc2c3c(C(N)=O)cccc3n(Cc3ccccc3-c3ccccc3)c2c1. The first kappa shape index (κ1) is 21.0. The maximum atomic E-state index is 12.3. The molecule has 3 nitrogen and oxygen atoms in total. The summed E-state index contributed by atoms with van der Waals surface area (Å²) in [5.41, 5.74) is 13.5. The molecular formula is C30H28N2O. The molecule has 0 fully saturated rings. The highest BCUT2D eigenvalue weighted by molar-refractivity contribution is 6.18. The van der Waals surface area contributed by atoms with E-state index < -0.39 is 0 Å². The van der Waals surface area contributed by atoms with Crippen LogP contribution in [0.4, 0.5) is 0 Å². The van der Waals surface area contributed by atoms with Crippen molar-refractivity contribution in [2.45, 2.75) is 32.7 Å². The van der Waals surface area contributed by atoms with Crippen molar-refractivity contribution in [3.8, 4) is 11.1 Å². The van der Waals surface area contributed by atoms with Gasteiger partial charge in [-0.25, -0.2) is 0 Å². The molecule has 1 heterocycles. The number of nitrogens with zero attached hydrogens (tertiary/aromatic N) is 1. The number of aromatic nitrogens is 1. The summed E-state index contributed by atoms with van der Waals surface area (Å²) in [6.45, 7) is 2.93. The third kappa shape index (κ3) is 3.91. The normalized spacial score (nSPS) is 11.3. The van der Waals surface area contributed by atoms with E-state index in [1.54, 1.807) is 0 Å². The van der Waals surface area contributed by atoms with Crippen molar-refractivity contribution in [2.24, 2.45) is 5.73 Å². The minimum absolute atomic E-state index is 0.389. The number of nitrogens with two attached hydrogens (primary N) is 1. The molecule has 0 atom stereocenters. The fraction of sp³-hybridized carbons (Fsp3) is 0.167. The van der Waals surface area contributed by atoms with Gasteiger partial charge in [-0.2, -0.15) is 0 Å². The summed E-state index contributed by atoms with van der Waals surface area (Å²) in [6.07, 6.45) is 3.38. The van der Waals surface area contributed by atoms with Gasteiger partial charge in [0, 0.05) is 28.4 Å². The first-order chi connectivity index (χ1) is 16.2. The molecule has 0 spiro atoms. The van der Waals surface area contributed by atoms with Gasteiger partial charge in [-0.1, -0.05) is 86.1 Å². The van der Waals surface area contributed by atoms with Crippen LogP contribution in [0.15, 0.2) is 91.0 Å². The Morgan fingerprint density at radius 1 is 0.848 bits per heavy atom. The predicted molar refractivity (Wildman–Crippen MR) is 138 cm³/mol. The molecule has 0 saturated carbocycles. The number of benzene rings is 4. The highest BCUT2D eigenvalue weighted by atomic mass is 16.1. The van der Waals surface area contributed by atoms with Crippen molar-refractivity contribution < 1.29 is 4.79 Å². The summed E-state index contributed by atoms with van der Waals surface area (Å²) in [4.78, 5) is 12.3. The average molecular weight is 433 g/mol. The zero-order chi connectivity index (χ0) is 22.8. The third-order valence-corrected chi connectivity index (χ3v) is 6.47. The Hall–Kier alpha value is -3.85. The number of hydrogen-bond acceptors (Lipinski definition) is 1. The molecule has 3 heteroatoms. The van der Waals surface area contributed by atoms with Crippen molar-refractivity contribution in [1.82, 2.24) is 4.57 Å². The van der Waals surface area contributed by atoms with E-state index in [0.29, 0.717) is 12.1 Å². The van der Waals surface area contributed by atoms with Crippen molar-refractivity contribution in [2.75, 3.05) is 0 Å². The highest BCUT2D eigenvalue weighted by Crippen LogP contribution is 2.34. The van der Waals surface area contributed by atoms with E-state index in [1.807, 2.05) is 18.2 Å². The molecule has 0 radical (unpaired) electrons. The monoisotopic (exact) mass is 432 g/mol. The number of unbranched alkanes of at least 4 members (excludes halogenated alkanes) is 1. The molecule has 0 unspecified atom stereocenters. The second-order valence-corrected chi connectivity index (χ2v) is 8.63. The van der Waals surface area contributed by atoms with Gasteiger partial charge in [-0.3, -0.25) is 4.79 Å². The van der Waals surface area contributed by atoms with Crippen LogP contribution in [0.1, 0.15) is 41.3 Å². The number of primary amides is 1. The van der Waals surface area contributed by atoms with Gasteiger partial charge in [-0.15, -0.1) is 0 Å². The molecule has 5 aromatic rings. The van der Waals surface area contributed by atoms with Crippen LogP contribution in [-0.2, 0) is 13.0 Å².